The maximum absolute atomic E-state index is 5.62. The van der Waals surface area contributed by atoms with E-state index in [-0.39, 0.29) is 6.10 Å². The van der Waals surface area contributed by atoms with E-state index in [0.29, 0.717) is 23.5 Å². The summed E-state index contributed by atoms with van der Waals surface area (Å²) in [6, 6.07) is 12.4. The van der Waals surface area contributed by atoms with Crippen LogP contribution in [0.1, 0.15) is 12.8 Å². The molecule has 2 aromatic rings. The molecule has 2 saturated heterocycles. The molecule has 0 saturated carbocycles. The van der Waals surface area contributed by atoms with E-state index in [9.17, 15) is 0 Å². The van der Waals surface area contributed by atoms with Crippen molar-refractivity contribution < 1.29 is 9.47 Å². The molecule has 30 heavy (non-hydrogen) atoms. The highest BCUT2D eigenvalue weighted by atomic mass is 32.1. The molecule has 1 atom stereocenters. The van der Waals surface area contributed by atoms with Crippen LogP contribution in [-0.2, 0) is 4.74 Å². The van der Waals surface area contributed by atoms with Gasteiger partial charge in [-0.3, -0.25) is 0 Å². The van der Waals surface area contributed by atoms with Crippen LogP contribution in [-0.4, -0.2) is 67.6 Å². The lowest BCUT2D eigenvalue weighted by Crippen LogP contribution is -2.47. The summed E-state index contributed by atoms with van der Waals surface area (Å²) >= 11 is 5.40. The minimum atomic E-state index is 0.215. The van der Waals surface area contributed by atoms with Gasteiger partial charge in [0.25, 0.3) is 0 Å². The molecule has 2 aliphatic rings. The number of benzene rings is 1. The molecular weight excluding hydrogens is 400 g/mol. The Morgan fingerprint density at radius 2 is 1.93 bits per heavy atom. The Hall–Kier alpha value is -2.65. The number of hydrogen-bond donors (Lipinski definition) is 2. The van der Waals surface area contributed by atoms with E-state index >= 15 is 0 Å². The third-order valence-corrected chi connectivity index (χ3v) is 5.61. The molecule has 0 aliphatic carbocycles. The summed E-state index contributed by atoms with van der Waals surface area (Å²) in [5.74, 6) is 1.77. The number of nitrogens with zero attached hydrogens (tertiary/aromatic N) is 4. The smallest absolute Gasteiger partial charge is 0.234 e. The largest absolute Gasteiger partial charge is 0.481 e. The Morgan fingerprint density at radius 1 is 1.17 bits per heavy atom. The van der Waals surface area contributed by atoms with Gasteiger partial charge in [0.15, 0.2) is 5.11 Å². The number of ether oxygens (including phenoxy) is 2. The quantitative estimate of drug-likeness (QED) is 0.674. The molecule has 3 heterocycles. The number of rotatable bonds is 6. The molecule has 160 valence electrons. The highest BCUT2D eigenvalue weighted by Crippen LogP contribution is 2.23. The predicted octanol–water partition coefficient (Wildman–Crippen LogP) is 2.28. The summed E-state index contributed by atoms with van der Waals surface area (Å²) < 4.78 is 11.0. The van der Waals surface area contributed by atoms with Crippen molar-refractivity contribution in [1.82, 2.24) is 15.3 Å². The number of para-hydroxylation sites is 1. The van der Waals surface area contributed by atoms with Crippen LogP contribution < -0.4 is 25.2 Å². The first-order valence-electron chi connectivity index (χ1n) is 10.4. The monoisotopic (exact) mass is 428 g/mol. The molecule has 2 N–H and O–H groups in total. The summed E-state index contributed by atoms with van der Waals surface area (Å²) in [4.78, 5) is 13.7. The van der Waals surface area contributed by atoms with Crippen LogP contribution >= 0.6 is 12.2 Å². The zero-order valence-corrected chi connectivity index (χ0v) is 18.0. The van der Waals surface area contributed by atoms with E-state index in [2.05, 4.69) is 54.7 Å². The van der Waals surface area contributed by atoms with Crippen LogP contribution in [0.15, 0.2) is 36.4 Å². The second-order valence-corrected chi connectivity index (χ2v) is 7.78. The molecule has 1 unspecified atom stereocenters. The van der Waals surface area contributed by atoms with Crippen molar-refractivity contribution in [1.29, 1.82) is 0 Å². The first-order valence-corrected chi connectivity index (χ1v) is 10.8. The highest BCUT2D eigenvalue weighted by molar-refractivity contribution is 7.80. The van der Waals surface area contributed by atoms with Crippen molar-refractivity contribution in [2.75, 3.05) is 61.6 Å². The van der Waals surface area contributed by atoms with Gasteiger partial charge in [0, 0.05) is 51.1 Å². The number of anilines is 3. The summed E-state index contributed by atoms with van der Waals surface area (Å²) in [6.45, 7) is 5.11. The number of thiocarbonyl (C=S) groups is 1. The minimum Gasteiger partial charge on any atom is -0.481 e. The summed E-state index contributed by atoms with van der Waals surface area (Å²) in [6.07, 6.45) is 2.38. The van der Waals surface area contributed by atoms with Crippen molar-refractivity contribution in [2.45, 2.75) is 18.9 Å². The number of aromatic nitrogens is 2. The van der Waals surface area contributed by atoms with Gasteiger partial charge in [0.1, 0.15) is 5.82 Å². The second-order valence-electron chi connectivity index (χ2n) is 7.37. The molecule has 8 nitrogen and oxygen atoms in total. The van der Waals surface area contributed by atoms with Crippen LogP contribution in [0.4, 0.5) is 17.5 Å². The Balaban J connectivity index is 1.37. The van der Waals surface area contributed by atoms with Gasteiger partial charge >= 0.3 is 0 Å². The van der Waals surface area contributed by atoms with Gasteiger partial charge < -0.3 is 29.9 Å². The maximum Gasteiger partial charge on any atom is 0.234 e. The number of hydrogen-bond acceptors (Lipinski definition) is 7. The molecule has 2 fully saturated rings. The fraction of sp³-hybridized carbons (Fsp3) is 0.476. The van der Waals surface area contributed by atoms with Crippen LogP contribution in [0, 0.1) is 0 Å². The Bertz CT molecular complexity index is 839. The minimum absolute atomic E-state index is 0.215. The molecule has 4 rings (SSSR count). The molecule has 2 aliphatic heterocycles. The van der Waals surface area contributed by atoms with Crippen LogP contribution in [0.5, 0.6) is 5.88 Å². The topological polar surface area (TPSA) is 74.8 Å². The van der Waals surface area contributed by atoms with Crippen LogP contribution in [0.2, 0.25) is 0 Å². The van der Waals surface area contributed by atoms with E-state index < -0.39 is 0 Å². The molecule has 9 heteroatoms. The van der Waals surface area contributed by atoms with Gasteiger partial charge in [0.2, 0.25) is 11.8 Å². The normalized spacial score (nSPS) is 18.9. The van der Waals surface area contributed by atoms with Gasteiger partial charge in [-0.05, 0) is 37.2 Å². The van der Waals surface area contributed by atoms with Crippen LogP contribution in [0.25, 0.3) is 0 Å². The zero-order chi connectivity index (χ0) is 20.8. The van der Waals surface area contributed by atoms with Gasteiger partial charge in [0.05, 0.1) is 13.2 Å². The van der Waals surface area contributed by atoms with E-state index in [1.54, 1.807) is 7.11 Å². The van der Waals surface area contributed by atoms with Crippen LogP contribution in [0.3, 0.4) is 0 Å². The standard InChI is InChI=1S/C21H28N6O2S/c1-28-19-14-18(27-11-9-26(10-12-27)16-6-3-2-4-7-16)23-20(24-19)25-21(30)22-15-17-8-5-13-29-17/h2-4,6-7,14,17H,5,8-13,15H2,1H3,(H2,22,23,24,25,30). The van der Waals surface area contributed by atoms with E-state index in [1.807, 2.05) is 12.1 Å². The first kappa shape index (κ1) is 20.6. The number of nitrogens with one attached hydrogen (secondary N) is 2. The first-order chi connectivity index (χ1) is 14.7. The molecule has 0 radical (unpaired) electrons. The summed E-state index contributed by atoms with van der Waals surface area (Å²) in [5.41, 5.74) is 1.25. The van der Waals surface area contributed by atoms with Crippen molar-refractivity contribution in [3.05, 3.63) is 36.4 Å². The average molecular weight is 429 g/mol. The Kier molecular flexibility index (Phi) is 6.81. The van der Waals surface area contributed by atoms with Crippen molar-refractivity contribution in [2.24, 2.45) is 0 Å². The fourth-order valence-corrected chi connectivity index (χ4v) is 3.90. The van der Waals surface area contributed by atoms with E-state index in [0.717, 1.165) is 51.4 Å². The third kappa shape index (κ3) is 5.28. The van der Waals surface area contributed by atoms with E-state index in [4.69, 9.17) is 21.7 Å². The molecule has 1 aromatic heterocycles. The number of piperazine rings is 1. The van der Waals surface area contributed by atoms with E-state index in [1.165, 1.54) is 5.69 Å². The summed E-state index contributed by atoms with van der Waals surface area (Å²) in [7, 11) is 1.61. The number of methoxy groups -OCH3 is 1. The van der Waals surface area contributed by atoms with Gasteiger partial charge in [-0.1, -0.05) is 18.2 Å². The lowest BCUT2D eigenvalue weighted by Gasteiger charge is -2.36. The van der Waals surface area contributed by atoms with Crippen molar-refractivity contribution >= 4 is 34.8 Å². The SMILES string of the molecule is COc1cc(N2CCN(c3ccccc3)CC2)nc(NC(=S)NCC2CCCO2)n1. The second kappa shape index (κ2) is 9.90. The Morgan fingerprint density at radius 3 is 2.63 bits per heavy atom. The Labute approximate surface area is 182 Å². The zero-order valence-electron chi connectivity index (χ0n) is 17.2. The lowest BCUT2D eigenvalue weighted by molar-refractivity contribution is 0.114. The van der Waals surface area contributed by atoms with Gasteiger partial charge in [-0.25, -0.2) is 0 Å². The van der Waals surface area contributed by atoms with Crippen molar-refractivity contribution in [3.63, 3.8) is 0 Å². The maximum atomic E-state index is 5.62. The molecular formula is C21H28N6O2S. The van der Waals surface area contributed by atoms with Crippen molar-refractivity contribution in [3.8, 4) is 5.88 Å². The fourth-order valence-electron chi connectivity index (χ4n) is 3.73. The van der Waals surface area contributed by atoms with Gasteiger partial charge in [-0.15, -0.1) is 0 Å². The highest BCUT2D eigenvalue weighted by Gasteiger charge is 2.20. The molecule has 0 amide bonds. The molecule has 0 bridgehead atoms. The molecule has 0 spiro atoms. The summed E-state index contributed by atoms with van der Waals surface area (Å²) in [5, 5.41) is 6.75. The average Bonchev–Trinajstić information content (AvgIpc) is 3.32. The lowest BCUT2D eigenvalue weighted by atomic mass is 10.2. The molecule has 1 aromatic carbocycles. The predicted molar refractivity (Wildman–Crippen MR) is 123 cm³/mol. The third-order valence-electron chi connectivity index (χ3n) is 5.36. The van der Waals surface area contributed by atoms with Gasteiger partial charge in [-0.2, -0.15) is 9.97 Å².